The normalized spacial score (nSPS) is 53.2. The molecule has 0 bridgehead atoms. The monoisotopic (exact) mass is 314 g/mol. The van der Waals surface area contributed by atoms with E-state index in [4.69, 9.17) is 6.58 Å². The van der Waals surface area contributed by atoms with Gasteiger partial charge in [-0.2, -0.15) is 0 Å². The third kappa shape index (κ3) is 2.54. The number of rotatable bonds is 1. The molecule has 23 heavy (non-hydrogen) atoms. The zero-order valence-corrected chi connectivity index (χ0v) is 15.8. The topological polar surface area (TPSA) is 0 Å². The van der Waals surface area contributed by atoms with Crippen molar-refractivity contribution in [1.82, 2.24) is 0 Å². The molecule has 0 N–H and O–H groups in total. The maximum atomic E-state index is 4.71. The molecule has 130 valence electrons. The molecule has 4 aliphatic rings. The van der Waals surface area contributed by atoms with Gasteiger partial charge in [-0.3, -0.25) is 0 Å². The highest BCUT2D eigenvalue weighted by atomic mass is 14.6. The third-order valence-electron chi connectivity index (χ3n) is 9.08. The fraction of sp³-hybridized carbons (Fsp3) is 0.913. The maximum Gasteiger partial charge on any atom is -0.0141 e. The van der Waals surface area contributed by atoms with Crippen LogP contribution in [0, 0.1) is 53.3 Å². The molecule has 0 aromatic carbocycles. The minimum absolute atomic E-state index is 0.774. The number of fused-ring (bicyclic) bond motifs is 4. The van der Waals surface area contributed by atoms with Crippen molar-refractivity contribution in [2.24, 2.45) is 53.3 Å². The second-order valence-corrected chi connectivity index (χ2v) is 9.77. The number of allylic oxidation sites excluding steroid dienone is 1. The largest absolute Gasteiger partial charge is 0.0993 e. The lowest BCUT2D eigenvalue weighted by Crippen LogP contribution is -2.50. The lowest BCUT2D eigenvalue weighted by atomic mass is 9.47. The summed E-state index contributed by atoms with van der Waals surface area (Å²) < 4.78 is 0. The predicted molar refractivity (Wildman–Crippen MR) is 99.1 cm³/mol. The van der Waals surface area contributed by atoms with E-state index in [1.807, 2.05) is 0 Å². The van der Waals surface area contributed by atoms with Crippen LogP contribution in [0.3, 0.4) is 0 Å². The fourth-order valence-corrected chi connectivity index (χ4v) is 7.87. The highest BCUT2D eigenvalue weighted by Gasteiger charge is 2.52. The van der Waals surface area contributed by atoms with Crippen molar-refractivity contribution in [3.63, 3.8) is 0 Å². The van der Waals surface area contributed by atoms with Crippen LogP contribution >= 0.6 is 0 Å². The van der Waals surface area contributed by atoms with Gasteiger partial charge in [-0.1, -0.05) is 58.6 Å². The second kappa shape index (κ2) is 6.23. The molecule has 4 fully saturated rings. The summed E-state index contributed by atoms with van der Waals surface area (Å²) in [5.74, 6) is 8.67. The van der Waals surface area contributed by atoms with Crippen LogP contribution < -0.4 is 0 Å². The zero-order chi connectivity index (χ0) is 16.1. The predicted octanol–water partition coefficient (Wildman–Crippen LogP) is 6.71. The Hall–Kier alpha value is -0.260. The molecule has 0 spiro atoms. The molecule has 0 aromatic rings. The van der Waals surface area contributed by atoms with Gasteiger partial charge in [0.15, 0.2) is 0 Å². The van der Waals surface area contributed by atoms with Crippen LogP contribution in [0.2, 0.25) is 0 Å². The van der Waals surface area contributed by atoms with Crippen LogP contribution in [0.25, 0.3) is 0 Å². The molecule has 0 aliphatic heterocycles. The zero-order valence-electron chi connectivity index (χ0n) is 15.8. The Balaban J connectivity index is 1.61. The van der Waals surface area contributed by atoms with Crippen LogP contribution in [0.5, 0.6) is 0 Å². The first-order valence-corrected chi connectivity index (χ1v) is 10.8. The summed E-state index contributed by atoms with van der Waals surface area (Å²) in [7, 11) is 0. The Labute approximate surface area is 144 Å². The van der Waals surface area contributed by atoms with Gasteiger partial charge >= 0.3 is 0 Å². The van der Waals surface area contributed by atoms with E-state index in [-0.39, 0.29) is 0 Å². The first kappa shape index (κ1) is 16.2. The van der Waals surface area contributed by atoms with Crippen molar-refractivity contribution >= 4 is 0 Å². The molecular weight excluding hydrogens is 276 g/mol. The molecule has 0 radical (unpaired) electrons. The van der Waals surface area contributed by atoms with Crippen LogP contribution in [0.15, 0.2) is 12.2 Å². The molecule has 4 aliphatic carbocycles. The van der Waals surface area contributed by atoms with E-state index < -0.39 is 0 Å². The van der Waals surface area contributed by atoms with Crippen molar-refractivity contribution in [1.29, 1.82) is 0 Å². The average Bonchev–Trinajstić information content (AvgIpc) is 2.58. The van der Waals surface area contributed by atoms with Crippen molar-refractivity contribution < 1.29 is 0 Å². The molecular formula is C23H38. The highest BCUT2D eigenvalue weighted by Crippen LogP contribution is 2.60. The molecule has 0 nitrogen and oxygen atoms in total. The molecule has 0 heteroatoms. The van der Waals surface area contributed by atoms with Crippen molar-refractivity contribution in [3.05, 3.63) is 12.2 Å². The molecule has 0 aromatic heterocycles. The SMILES string of the molecule is C=C1C(C)C(CC)CC2CCC3C[C@H]4CCCC[C@H]4C(C)C3C12. The Kier molecular flexibility index (Phi) is 4.39. The average molecular weight is 315 g/mol. The smallest absolute Gasteiger partial charge is 0.0141 e. The van der Waals surface area contributed by atoms with Crippen molar-refractivity contribution in [3.8, 4) is 0 Å². The van der Waals surface area contributed by atoms with Gasteiger partial charge in [0.05, 0.1) is 0 Å². The van der Waals surface area contributed by atoms with Crippen LogP contribution in [-0.4, -0.2) is 0 Å². The second-order valence-electron chi connectivity index (χ2n) is 9.77. The minimum atomic E-state index is 0.774. The standard InChI is InChI=1S/C23H38/c1-5-17-12-19-10-11-20-13-18-8-6-7-9-21(18)16(4)23(20)22(19)15(3)14(17)2/h14,16-23H,3,5-13H2,1-2,4H3/t14?,16?,17?,18-,19?,20?,21+,22?,23?/m1/s1. The van der Waals surface area contributed by atoms with Gasteiger partial charge in [0, 0.05) is 0 Å². The Morgan fingerprint density at radius 3 is 2.43 bits per heavy atom. The summed E-state index contributed by atoms with van der Waals surface area (Å²) >= 11 is 0. The Morgan fingerprint density at radius 2 is 1.65 bits per heavy atom. The van der Waals surface area contributed by atoms with Crippen molar-refractivity contribution in [2.45, 2.75) is 78.6 Å². The third-order valence-corrected chi connectivity index (χ3v) is 9.08. The Bertz CT molecular complexity index is 449. The summed E-state index contributed by atoms with van der Waals surface area (Å²) in [6.45, 7) is 12.2. The van der Waals surface area contributed by atoms with E-state index in [1.165, 1.54) is 44.9 Å². The number of hydrogen-bond donors (Lipinski definition) is 0. The number of hydrogen-bond acceptors (Lipinski definition) is 0. The maximum absolute atomic E-state index is 4.71. The van der Waals surface area contributed by atoms with Gasteiger partial charge in [0.1, 0.15) is 0 Å². The molecule has 9 atom stereocenters. The minimum Gasteiger partial charge on any atom is -0.0993 e. The summed E-state index contributed by atoms with van der Waals surface area (Å²) in [4.78, 5) is 0. The first-order valence-electron chi connectivity index (χ1n) is 10.8. The van der Waals surface area contributed by atoms with E-state index in [2.05, 4.69) is 20.8 Å². The van der Waals surface area contributed by atoms with E-state index in [0.717, 1.165) is 53.3 Å². The Morgan fingerprint density at radius 1 is 0.913 bits per heavy atom. The highest BCUT2D eigenvalue weighted by molar-refractivity contribution is 5.17. The first-order chi connectivity index (χ1) is 11.1. The summed E-state index contributed by atoms with van der Waals surface area (Å²) in [6, 6.07) is 0. The lowest BCUT2D eigenvalue weighted by Gasteiger charge is -2.58. The van der Waals surface area contributed by atoms with Gasteiger partial charge in [-0.25, -0.2) is 0 Å². The van der Waals surface area contributed by atoms with Gasteiger partial charge < -0.3 is 0 Å². The van der Waals surface area contributed by atoms with E-state index in [9.17, 15) is 0 Å². The van der Waals surface area contributed by atoms with Gasteiger partial charge in [-0.05, 0) is 85.4 Å². The molecule has 4 rings (SSSR count). The summed E-state index contributed by atoms with van der Waals surface area (Å²) in [5, 5.41) is 0. The molecule has 0 amide bonds. The fourth-order valence-electron chi connectivity index (χ4n) is 7.87. The van der Waals surface area contributed by atoms with E-state index >= 15 is 0 Å². The van der Waals surface area contributed by atoms with Gasteiger partial charge in [-0.15, -0.1) is 0 Å². The van der Waals surface area contributed by atoms with Crippen LogP contribution in [0.1, 0.15) is 78.6 Å². The van der Waals surface area contributed by atoms with Gasteiger partial charge in [0.25, 0.3) is 0 Å². The van der Waals surface area contributed by atoms with Crippen molar-refractivity contribution in [2.75, 3.05) is 0 Å². The lowest BCUT2D eigenvalue weighted by molar-refractivity contribution is -0.0595. The van der Waals surface area contributed by atoms with Crippen LogP contribution in [0.4, 0.5) is 0 Å². The van der Waals surface area contributed by atoms with E-state index in [0.29, 0.717) is 0 Å². The molecule has 0 saturated heterocycles. The summed E-state index contributed by atoms with van der Waals surface area (Å²) in [6.07, 6.45) is 13.6. The van der Waals surface area contributed by atoms with Crippen LogP contribution in [-0.2, 0) is 0 Å². The molecule has 7 unspecified atom stereocenters. The molecule has 0 heterocycles. The molecule has 4 saturated carbocycles. The van der Waals surface area contributed by atoms with E-state index in [1.54, 1.807) is 18.4 Å². The quantitative estimate of drug-likeness (QED) is 0.472. The summed E-state index contributed by atoms with van der Waals surface area (Å²) in [5.41, 5.74) is 1.67. The van der Waals surface area contributed by atoms with Gasteiger partial charge in [0.2, 0.25) is 0 Å².